The first-order valence-electron chi connectivity index (χ1n) is 6.18. The van der Waals surface area contributed by atoms with E-state index in [9.17, 15) is 0 Å². The van der Waals surface area contributed by atoms with E-state index in [2.05, 4.69) is 45.1 Å². The van der Waals surface area contributed by atoms with Gasteiger partial charge in [0.1, 0.15) is 0 Å². The Morgan fingerprint density at radius 3 is 2.33 bits per heavy atom. The first-order chi connectivity index (χ1) is 7.05. The molecule has 15 heavy (non-hydrogen) atoms. The Hall–Kier alpha value is -0.780. The predicted molar refractivity (Wildman–Crippen MR) is 66.7 cm³/mol. The van der Waals surface area contributed by atoms with Crippen molar-refractivity contribution in [3.63, 3.8) is 0 Å². The van der Waals surface area contributed by atoms with Crippen molar-refractivity contribution >= 4 is 0 Å². The van der Waals surface area contributed by atoms with Crippen LogP contribution in [0.4, 0.5) is 0 Å². The highest BCUT2D eigenvalue weighted by Gasteiger charge is 2.18. The number of allylic oxidation sites excluding steroid dienone is 6. The lowest BCUT2D eigenvalue weighted by atomic mass is 9.87. The molecule has 1 saturated carbocycles. The smallest absolute Gasteiger partial charge is 0.0132 e. The van der Waals surface area contributed by atoms with E-state index in [1.807, 2.05) is 0 Å². The molecule has 0 heterocycles. The van der Waals surface area contributed by atoms with Gasteiger partial charge in [0.25, 0.3) is 0 Å². The lowest BCUT2D eigenvalue weighted by molar-refractivity contribution is 0.518. The minimum absolute atomic E-state index is 0.293. The summed E-state index contributed by atoms with van der Waals surface area (Å²) in [6, 6.07) is 0. The normalized spacial score (nSPS) is 25.3. The summed E-state index contributed by atoms with van der Waals surface area (Å²) >= 11 is 0. The molecule has 0 radical (unpaired) electrons. The maximum atomic E-state index is 2.47. The largest absolute Gasteiger partial charge is 0.0741 e. The summed E-state index contributed by atoms with van der Waals surface area (Å²) < 4.78 is 0. The van der Waals surface area contributed by atoms with Gasteiger partial charge < -0.3 is 0 Å². The molecular formula is C15H22. The van der Waals surface area contributed by atoms with Crippen LogP contribution in [-0.2, 0) is 0 Å². The third-order valence-corrected chi connectivity index (χ3v) is 3.47. The van der Waals surface area contributed by atoms with E-state index in [-0.39, 0.29) is 0 Å². The standard InChI is InChI=1S/C15H22/c1-15(2,3)14-9-8-13(11-14)10-12-6-4-5-7-12/h8-12H,4-7H2,1-3H3. The average molecular weight is 202 g/mol. The van der Waals surface area contributed by atoms with E-state index in [0.29, 0.717) is 5.41 Å². The SMILES string of the molecule is CC(C)(C)C1=CC(=CC2CCCC2)C=C1. The molecule has 0 spiro atoms. The molecule has 0 saturated heterocycles. The molecule has 0 N–H and O–H groups in total. The summed E-state index contributed by atoms with van der Waals surface area (Å²) in [7, 11) is 0. The minimum Gasteiger partial charge on any atom is -0.0741 e. The van der Waals surface area contributed by atoms with Crippen molar-refractivity contribution in [2.24, 2.45) is 11.3 Å². The quantitative estimate of drug-likeness (QED) is 0.581. The van der Waals surface area contributed by atoms with Gasteiger partial charge in [0.05, 0.1) is 0 Å². The molecule has 0 heteroatoms. The van der Waals surface area contributed by atoms with E-state index in [4.69, 9.17) is 0 Å². The molecule has 2 aliphatic carbocycles. The molecule has 0 atom stereocenters. The van der Waals surface area contributed by atoms with Crippen molar-refractivity contribution in [1.82, 2.24) is 0 Å². The molecule has 0 amide bonds. The zero-order chi connectivity index (χ0) is 10.9. The lowest BCUT2D eigenvalue weighted by Crippen LogP contribution is -2.05. The third-order valence-electron chi connectivity index (χ3n) is 3.47. The number of rotatable bonds is 1. The Morgan fingerprint density at radius 2 is 1.80 bits per heavy atom. The van der Waals surface area contributed by atoms with Crippen LogP contribution in [0, 0.1) is 11.3 Å². The number of hydrogen-bond donors (Lipinski definition) is 0. The van der Waals surface area contributed by atoms with Gasteiger partial charge in [-0.1, -0.05) is 57.9 Å². The van der Waals surface area contributed by atoms with Crippen LogP contribution < -0.4 is 0 Å². The van der Waals surface area contributed by atoms with Gasteiger partial charge in [0.2, 0.25) is 0 Å². The monoisotopic (exact) mass is 202 g/mol. The molecule has 1 fully saturated rings. The zero-order valence-corrected chi connectivity index (χ0v) is 10.2. The van der Waals surface area contributed by atoms with Gasteiger partial charge in [-0.05, 0) is 35.3 Å². The van der Waals surface area contributed by atoms with Crippen LogP contribution in [0.5, 0.6) is 0 Å². The summed E-state index contributed by atoms with van der Waals surface area (Å²) in [5, 5.41) is 0. The van der Waals surface area contributed by atoms with E-state index in [1.165, 1.54) is 36.8 Å². The second-order valence-electron chi connectivity index (χ2n) is 5.89. The van der Waals surface area contributed by atoms with Crippen LogP contribution in [0.2, 0.25) is 0 Å². The molecule has 0 nitrogen and oxygen atoms in total. The molecule has 0 aliphatic heterocycles. The Labute approximate surface area is 93.8 Å². The van der Waals surface area contributed by atoms with Crippen molar-refractivity contribution in [3.05, 3.63) is 35.5 Å². The van der Waals surface area contributed by atoms with Crippen LogP contribution in [0.25, 0.3) is 0 Å². The van der Waals surface area contributed by atoms with Crippen LogP contribution in [0.15, 0.2) is 35.5 Å². The van der Waals surface area contributed by atoms with Crippen LogP contribution in [0.3, 0.4) is 0 Å². The summed E-state index contributed by atoms with van der Waals surface area (Å²) in [6.07, 6.45) is 15.0. The maximum absolute atomic E-state index is 2.47. The molecule has 0 unspecified atom stereocenters. The van der Waals surface area contributed by atoms with Gasteiger partial charge in [-0.2, -0.15) is 0 Å². The van der Waals surface area contributed by atoms with E-state index in [0.717, 1.165) is 5.92 Å². The maximum Gasteiger partial charge on any atom is -0.0132 e. The van der Waals surface area contributed by atoms with Gasteiger partial charge in [-0.15, -0.1) is 0 Å². The average Bonchev–Trinajstić information content (AvgIpc) is 2.73. The molecule has 0 aromatic rings. The highest BCUT2D eigenvalue weighted by Crippen LogP contribution is 2.33. The van der Waals surface area contributed by atoms with E-state index < -0.39 is 0 Å². The Kier molecular flexibility index (Phi) is 2.86. The first kappa shape index (κ1) is 10.7. The van der Waals surface area contributed by atoms with Crippen molar-refractivity contribution in [3.8, 4) is 0 Å². The fourth-order valence-electron chi connectivity index (χ4n) is 2.43. The highest BCUT2D eigenvalue weighted by atomic mass is 14.2. The Bertz CT molecular complexity index is 314. The fraction of sp³-hybridized carbons (Fsp3) is 0.600. The summed E-state index contributed by atoms with van der Waals surface area (Å²) in [6.45, 7) is 6.84. The molecule has 2 rings (SSSR count). The summed E-state index contributed by atoms with van der Waals surface area (Å²) in [4.78, 5) is 0. The van der Waals surface area contributed by atoms with E-state index in [1.54, 1.807) is 0 Å². The number of hydrogen-bond acceptors (Lipinski definition) is 0. The van der Waals surface area contributed by atoms with Crippen molar-refractivity contribution in [2.45, 2.75) is 46.5 Å². The van der Waals surface area contributed by atoms with Gasteiger partial charge in [-0.3, -0.25) is 0 Å². The summed E-state index contributed by atoms with van der Waals surface area (Å²) in [5.74, 6) is 0.847. The van der Waals surface area contributed by atoms with Gasteiger partial charge >= 0.3 is 0 Å². The van der Waals surface area contributed by atoms with Crippen LogP contribution >= 0.6 is 0 Å². The molecule has 0 aromatic carbocycles. The Balaban J connectivity index is 2.08. The minimum atomic E-state index is 0.293. The van der Waals surface area contributed by atoms with Crippen molar-refractivity contribution in [2.75, 3.05) is 0 Å². The second-order valence-corrected chi connectivity index (χ2v) is 5.89. The van der Waals surface area contributed by atoms with Crippen LogP contribution in [0.1, 0.15) is 46.5 Å². The van der Waals surface area contributed by atoms with Gasteiger partial charge in [0.15, 0.2) is 0 Å². The van der Waals surface area contributed by atoms with Gasteiger partial charge in [0, 0.05) is 0 Å². The molecular weight excluding hydrogens is 180 g/mol. The first-order valence-corrected chi connectivity index (χ1v) is 6.18. The fourth-order valence-corrected chi connectivity index (χ4v) is 2.43. The predicted octanol–water partition coefficient (Wildman–Crippen LogP) is 4.65. The van der Waals surface area contributed by atoms with Gasteiger partial charge in [-0.25, -0.2) is 0 Å². The van der Waals surface area contributed by atoms with Crippen LogP contribution in [-0.4, -0.2) is 0 Å². The molecule has 0 bridgehead atoms. The second kappa shape index (κ2) is 4.00. The molecule has 82 valence electrons. The van der Waals surface area contributed by atoms with Crippen molar-refractivity contribution < 1.29 is 0 Å². The molecule has 0 aromatic heterocycles. The highest BCUT2D eigenvalue weighted by molar-refractivity contribution is 5.48. The van der Waals surface area contributed by atoms with Crippen molar-refractivity contribution in [1.29, 1.82) is 0 Å². The Morgan fingerprint density at radius 1 is 1.13 bits per heavy atom. The topological polar surface area (TPSA) is 0 Å². The summed E-state index contributed by atoms with van der Waals surface area (Å²) in [5.41, 5.74) is 3.19. The van der Waals surface area contributed by atoms with E-state index >= 15 is 0 Å². The third kappa shape index (κ3) is 2.62. The molecule has 2 aliphatic rings. The zero-order valence-electron chi connectivity index (χ0n) is 10.2. The lowest BCUT2D eigenvalue weighted by Gasteiger charge is -2.18.